The van der Waals surface area contributed by atoms with Crippen molar-refractivity contribution in [3.8, 4) is 0 Å². The van der Waals surface area contributed by atoms with Crippen LogP contribution in [0.3, 0.4) is 0 Å². The molecule has 3 atom stereocenters. The number of hydrazone groups is 1. The summed E-state index contributed by atoms with van der Waals surface area (Å²) in [4.78, 5) is 7.01. The number of hydrogen-bond donors (Lipinski definition) is 3. The van der Waals surface area contributed by atoms with Gasteiger partial charge < -0.3 is 19.9 Å². The molecule has 0 spiro atoms. The summed E-state index contributed by atoms with van der Waals surface area (Å²) in [5.41, 5.74) is 9.94. The smallest absolute Gasteiger partial charge is 0.250 e. The molecule has 3 fully saturated rings. The van der Waals surface area contributed by atoms with E-state index in [1.807, 2.05) is 12.1 Å². The second-order valence-corrected chi connectivity index (χ2v) is 10.6. The van der Waals surface area contributed by atoms with E-state index in [4.69, 9.17) is 22.1 Å². The lowest BCUT2D eigenvalue weighted by Crippen LogP contribution is -2.60. The molecular formula is C24H36ClF2N7O. The van der Waals surface area contributed by atoms with E-state index in [9.17, 15) is 8.78 Å². The zero-order valence-electron chi connectivity index (χ0n) is 20.0. The number of guanidine groups is 1. The molecule has 4 heterocycles. The molecule has 0 aromatic heterocycles. The minimum atomic E-state index is -2.52. The number of nitrogens with two attached hydrogens (primary N) is 1. The maximum Gasteiger partial charge on any atom is 0.250 e. The largest absolute Gasteiger partial charge is 0.374 e. The van der Waals surface area contributed by atoms with Gasteiger partial charge in [0.15, 0.2) is 6.29 Å². The molecule has 0 bridgehead atoms. The number of alkyl halides is 2. The minimum Gasteiger partial charge on any atom is -0.374 e. The van der Waals surface area contributed by atoms with Gasteiger partial charge in [0, 0.05) is 69.2 Å². The van der Waals surface area contributed by atoms with Crippen LogP contribution in [0.25, 0.3) is 0 Å². The summed E-state index contributed by atoms with van der Waals surface area (Å²) in [6.45, 7) is 4.86. The Hall–Kier alpha value is -1.72. The van der Waals surface area contributed by atoms with Crippen LogP contribution in [0.5, 0.6) is 0 Å². The second-order valence-electron chi connectivity index (χ2n) is 10.2. The molecule has 0 amide bonds. The van der Waals surface area contributed by atoms with E-state index < -0.39 is 5.92 Å². The summed E-state index contributed by atoms with van der Waals surface area (Å²) < 4.78 is 33.5. The zero-order chi connectivity index (χ0) is 24.4. The van der Waals surface area contributed by atoms with Gasteiger partial charge in [-0.1, -0.05) is 23.7 Å². The first-order valence-corrected chi connectivity index (χ1v) is 13.0. The van der Waals surface area contributed by atoms with Crippen molar-refractivity contribution in [1.29, 1.82) is 0 Å². The monoisotopic (exact) mass is 511 g/mol. The Bertz CT molecular complexity index is 871. The summed E-state index contributed by atoms with van der Waals surface area (Å²) in [6.07, 6.45) is 2.53. The fourth-order valence-electron chi connectivity index (χ4n) is 5.66. The fourth-order valence-corrected chi connectivity index (χ4v) is 5.79. The summed E-state index contributed by atoms with van der Waals surface area (Å²) in [5.74, 6) is -1.71. The molecule has 4 aliphatic rings. The van der Waals surface area contributed by atoms with Crippen molar-refractivity contribution in [2.24, 2.45) is 10.8 Å². The highest BCUT2D eigenvalue weighted by molar-refractivity contribution is 6.30. The highest BCUT2D eigenvalue weighted by Crippen LogP contribution is 2.29. The average molecular weight is 512 g/mol. The van der Waals surface area contributed by atoms with Gasteiger partial charge in [-0.25, -0.2) is 8.78 Å². The Morgan fingerprint density at radius 3 is 2.49 bits per heavy atom. The first kappa shape index (κ1) is 25.0. The van der Waals surface area contributed by atoms with Gasteiger partial charge in [-0.2, -0.15) is 0 Å². The van der Waals surface area contributed by atoms with Gasteiger partial charge in [0.2, 0.25) is 5.96 Å². The molecule has 11 heteroatoms. The molecule has 3 saturated heterocycles. The highest BCUT2D eigenvalue weighted by Gasteiger charge is 2.39. The normalized spacial score (nSPS) is 30.6. The topological polar surface area (TPSA) is 81.4 Å². The Balaban J connectivity index is 1.22. The van der Waals surface area contributed by atoms with Crippen LogP contribution in [0.1, 0.15) is 31.2 Å². The fraction of sp³-hybridized carbons (Fsp3) is 0.708. The molecule has 35 heavy (non-hydrogen) atoms. The molecular weight excluding hydrogens is 476 g/mol. The van der Waals surface area contributed by atoms with Crippen molar-refractivity contribution in [2.45, 2.75) is 62.5 Å². The van der Waals surface area contributed by atoms with Gasteiger partial charge in [-0.3, -0.25) is 16.1 Å². The SMILES string of the molecule is NC1NN=C(N2CCC(N3CC(CN4CCC(F)(F)CC4)OCC3Cc3ccc(Cl)cc3)CC2)N1. The molecule has 4 aliphatic heterocycles. The van der Waals surface area contributed by atoms with E-state index in [0.29, 0.717) is 32.3 Å². The van der Waals surface area contributed by atoms with E-state index in [0.717, 1.165) is 49.9 Å². The lowest BCUT2D eigenvalue weighted by Gasteiger charge is -2.48. The number of ether oxygens (including phenoxy) is 1. The zero-order valence-corrected chi connectivity index (χ0v) is 20.8. The van der Waals surface area contributed by atoms with Crippen LogP contribution < -0.4 is 16.5 Å². The van der Waals surface area contributed by atoms with Crippen LogP contribution in [-0.4, -0.2) is 96.9 Å². The molecule has 0 radical (unpaired) electrons. The molecule has 1 aromatic rings. The maximum atomic E-state index is 13.6. The number of piperidine rings is 2. The van der Waals surface area contributed by atoms with Crippen LogP contribution >= 0.6 is 11.6 Å². The van der Waals surface area contributed by atoms with Crippen molar-refractivity contribution >= 4 is 17.6 Å². The maximum absolute atomic E-state index is 13.6. The van der Waals surface area contributed by atoms with E-state index in [1.54, 1.807) is 0 Å². The third-order valence-electron chi connectivity index (χ3n) is 7.67. The van der Waals surface area contributed by atoms with E-state index in [-0.39, 0.29) is 31.3 Å². The molecule has 0 aliphatic carbocycles. The predicted molar refractivity (Wildman–Crippen MR) is 132 cm³/mol. The summed E-state index contributed by atoms with van der Waals surface area (Å²) in [5, 5.41) is 8.20. The standard InChI is InChI=1S/C24H36ClF2N7O/c25-18-3-1-17(2-4-18)13-20-16-35-21(14-32-11-7-24(26,27)8-12-32)15-34(20)19-5-9-33(10-6-19)23-29-22(28)30-31-23/h1-4,19-22,30H,5-16,28H2,(H,29,31). The third kappa shape index (κ3) is 6.35. The number of benzene rings is 1. The number of rotatable bonds is 5. The molecule has 0 saturated carbocycles. The highest BCUT2D eigenvalue weighted by atomic mass is 35.5. The minimum absolute atomic E-state index is 0.0318. The van der Waals surface area contributed by atoms with Crippen molar-refractivity contribution in [1.82, 2.24) is 25.4 Å². The lowest BCUT2D eigenvalue weighted by molar-refractivity contribution is -0.106. The predicted octanol–water partition coefficient (Wildman–Crippen LogP) is 1.85. The second kappa shape index (κ2) is 10.7. The first-order valence-electron chi connectivity index (χ1n) is 12.7. The molecule has 5 rings (SSSR count). The Morgan fingerprint density at radius 2 is 1.83 bits per heavy atom. The number of hydrogen-bond acceptors (Lipinski definition) is 8. The van der Waals surface area contributed by atoms with Crippen LogP contribution in [-0.2, 0) is 11.2 Å². The number of nitrogens with zero attached hydrogens (tertiary/aromatic N) is 4. The molecule has 1 aromatic carbocycles. The first-order chi connectivity index (χ1) is 16.8. The summed E-state index contributed by atoms with van der Waals surface area (Å²) in [7, 11) is 0. The number of halogens is 3. The van der Waals surface area contributed by atoms with Gasteiger partial charge >= 0.3 is 0 Å². The van der Waals surface area contributed by atoms with Crippen molar-refractivity contribution in [2.75, 3.05) is 45.9 Å². The van der Waals surface area contributed by atoms with Gasteiger partial charge in [0.05, 0.1) is 12.7 Å². The van der Waals surface area contributed by atoms with E-state index in [2.05, 4.69) is 42.7 Å². The van der Waals surface area contributed by atoms with Crippen molar-refractivity contribution in [3.05, 3.63) is 34.9 Å². The summed E-state index contributed by atoms with van der Waals surface area (Å²) in [6, 6.07) is 8.75. The number of nitrogens with one attached hydrogen (secondary N) is 2. The Labute approximate surface area is 210 Å². The van der Waals surface area contributed by atoms with Crippen LogP contribution in [0.2, 0.25) is 5.02 Å². The number of morpholine rings is 1. The molecule has 4 N–H and O–H groups in total. The molecule has 194 valence electrons. The Morgan fingerprint density at radius 1 is 1.11 bits per heavy atom. The van der Waals surface area contributed by atoms with E-state index >= 15 is 0 Å². The lowest BCUT2D eigenvalue weighted by atomic mass is 9.96. The average Bonchev–Trinajstić information content (AvgIpc) is 3.29. The Kier molecular flexibility index (Phi) is 7.64. The van der Waals surface area contributed by atoms with Crippen molar-refractivity contribution in [3.63, 3.8) is 0 Å². The van der Waals surface area contributed by atoms with Gasteiger partial charge in [0.25, 0.3) is 5.92 Å². The summed E-state index contributed by atoms with van der Waals surface area (Å²) >= 11 is 6.09. The van der Waals surface area contributed by atoms with Crippen LogP contribution in [0, 0.1) is 0 Å². The van der Waals surface area contributed by atoms with Crippen LogP contribution in [0.4, 0.5) is 8.78 Å². The molecule has 3 unspecified atom stereocenters. The molecule has 8 nitrogen and oxygen atoms in total. The van der Waals surface area contributed by atoms with E-state index in [1.165, 1.54) is 5.56 Å². The quantitative estimate of drug-likeness (QED) is 0.556. The van der Waals surface area contributed by atoms with Gasteiger partial charge in [-0.15, -0.1) is 5.10 Å². The van der Waals surface area contributed by atoms with Gasteiger partial charge in [-0.05, 0) is 37.0 Å². The third-order valence-corrected chi connectivity index (χ3v) is 7.92. The number of likely N-dealkylation sites (tertiary alicyclic amines) is 2. The van der Waals surface area contributed by atoms with Crippen LogP contribution in [0.15, 0.2) is 29.4 Å². The van der Waals surface area contributed by atoms with Crippen molar-refractivity contribution < 1.29 is 13.5 Å². The van der Waals surface area contributed by atoms with Gasteiger partial charge in [0.1, 0.15) is 0 Å².